The van der Waals surface area contributed by atoms with Gasteiger partial charge in [-0.15, -0.1) is 0 Å². The van der Waals surface area contributed by atoms with Gasteiger partial charge in [-0.2, -0.15) is 0 Å². The zero-order chi connectivity index (χ0) is 9.47. The standard InChI is InChI=1S/C9H12BrNO2/c10-5-9(3-4-9)6-11-7(12)1-2-8(11)13/h1-6H2. The van der Waals surface area contributed by atoms with Gasteiger partial charge in [0.15, 0.2) is 0 Å². The van der Waals surface area contributed by atoms with Crippen LogP contribution in [0, 0.1) is 5.41 Å². The fraction of sp³-hybridized carbons (Fsp3) is 0.778. The molecule has 0 aromatic carbocycles. The van der Waals surface area contributed by atoms with Crippen LogP contribution in [0.25, 0.3) is 0 Å². The number of imide groups is 1. The molecule has 0 unspecified atom stereocenters. The molecule has 2 fully saturated rings. The average molecular weight is 246 g/mol. The van der Waals surface area contributed by atoms with Crippen LogP contribution in [0.4, 0.5) is 0 Å². The maximum Gasteiger partial charge on any atom is 0.229 e. The van der Waals surface area contributed by atoms with Gasteiger partial charge in [-0.05, 0) is 18.3 Å². The second-order valence-electron chi connectivity index (χ2n) is 4.01. The number of carbonyl (C=O) groups excluding carboxylic acids is 2. The SMILES string of the molecule is O=C1CCC(=O)N1CC1(CBr)CC1. The van der Waals surface area contributed by atoms with E-state index >= 15 is 0 Å². The summed E-state index contributed by atoms with van der Waals surface area (Å²) in [7, 11) is 0. The normalized spacial score (nSPS) is 25.5. The highest BCUT2D eigenvalue weighted by Crippen LogP contribution is 2.48. The van der Waals surface area contributed by atoms with Gasteiger partial charge in [-0.3, -0.25) is 14.5 Å². The summed E-state index contributed by atoms with van der Waals surface area (Å²) in [4.78, 5) is 24.0. The van der Waals surface area contributed by atoms with Crippen molar-refractivity contribution in [2.75, 3.05) is 11.9 Å². The van der Waals surface area contributed by atoms with E-state index in [0.717, 1.165) is 18.2 Å². The summed E-state index contributed by atoms with van der Waals surface area (Å²) in [6.45, 7) is 0.635. The van der Waals surface area contributed by atoms with Gasteiger partial charge in [0, 0.05) is 24.7 Å². The number of likely N-dealkylation sites (tertiary alicyclic amines) is 1. The van der Waals surface area contributed by atoms with Gasteiger partial charge in [0.25, 0.3) is 0 Å². The van der Waals surface area contributed by atoms with Gasteiger partial charge >= 0.3 is 0 Å². The molecule has 0 radical (unpaired) electrons. The van der Waals surface area contributed by atoms with Crippen molar-refractivity contribution in [2.45, 2.75) is 25.7 Å². The molecular formula is C9H12BrNO2. The molecule has 0 N–H and O–H groups in total. The molecule has 0 aromatic rings. The van der Waals surface area contributed by atoms with Crippen LogP contribution < -0.4 is 0 Å². The Hall–Kier alpha value is -0.380. The fourth-order valence-electron chi connectivity index (χ4n) is 1.65. The zero-order valence-corrected chi connectivity index (χ0v) is 8.97. The minimum absolute atomic E-state index is 0.0113. The molecule has 1 aliphatic heterocycles. The van der Waals surface area contributed by atoms with Crippen LogP contribution in [0.3, 0.4) is 0 Å². The molecule has 1 heterocycles. The molecule has 1 aliphatic carbocycles. The molecule has 2 aliphatic rings. The Kier molecular flexibility index (Phi) is 2.18. The predicted octanol–water partition coefficient (Wildman–Crippen LogP) is 1.31. The van der Waals surface area contributed by atoms with E-state index in [1.165, 1.54) is 4.90 Å². The van der Waals surface area contributed by atoms with Crippen LogP contribution in [-0.2, 0) is 9.59 Å². The van der Waals surface area contributed by atoms with Crippen LogP contribution in [0.1, 0.15) is 25.7 Å². The first kappa shape index (κ1) is 9.19. The van der Waals surface area contributed by atoms with Crippen molar-refractivity contribution in [3.8, 4) is 0 Å². The number of rotatable bonds is 3. The molecule has 0 atom stereocenters. The molecule has 1 saturated carbocycles. The van der Waals surface area contributed by atoms with Gasteiger partial charge in [-0.1, -0.05) is 15.9 Å². The van der Waals surface area contributed by atoms with Crippen LogP contribution >= 0.6 is 15.9 Å². The Labute approximate surface area is 85.6 Å². The number of alkyl halides is 1. The van der Waals surface area contributed by atoms with Crippen molar-refractivity contribution < 1.29 is 9.59 Å². The zero-order valence-electron chi connectivity index (χ0n) is 7.38. The van der Waals surface area contributed by atoms with Crippen molar-refractivity contribution in [3.05, 3.63) is 0 Å². The van der Waals surface area contributed by atoms with Crippen molar-refractivity contribution in [1.82, 2.24) is 4.90 Å². The Morgan fingerprint density at radius 1 is 1.23 bits per heavy atom. The third-order valence-corrected chi connectivity index (χ3v) is 4.08. The minimum Gasteiger partial charge on any atom is -0.282 e. The number of halogens is 1. The fourth-order valence-corrected chi connectivity index (χ4v) is 2.38. The largest absolute Gasteiger partial charge is 0.282 e. The van der Waals surface area contributed by atoms with E-state index in [1.807, 2.05) is 0 Å². The molecule has 4 heteroatoms. The lowest BCUT2D eigenvalue weighted by molar-refractivity contribution is -0.139. The summed E-state index contributed by atoms with van der Waals surface area (Å²) in [5.41, 5.74) is 0.218. The molecule has 1 saturated heterocycles. The average Bonchev–Trinajstić information content (AvgIpc) is 2.84. The van der Waals surface area contributed by atoms with Gasteiger partial charge in [-0.25, -0.2) is 0 Å². The second-order valence-corrected chi connectivity index (χ2v) is 4.57. The molecule has 0 bridgehead atoms. The van der Waals surface area contributed by atoms with Crippen molar-refractivity contribution in [2.24, 2.45) is 5.41 Å². The lowest BCUT2D eigenvalue weighted by Crippen LogP contribution is -2.35. The van der Waals surface area contributed by atoms with E-state index < -0.39 is 0 Å². The Morgan fingerprint density at radius 2 is 1.77 bits per heavy atom. The van der Waals surface area contributed by atoms with Crippen molar-refractivity contribution in [3.63, 3.8) is 0 Å². The Bertz CT molecular complexity index is 244. The maximum absolute atomic E-state index is 11.3. The van der Waals surface area contributed by atoms with Crippen LogP contribution in [0.2, 0.25) is 0 Å². The lowest BCUT2D eigenvalue weighted by atomic mass is 10.1. The quantitative estimate of drug-likeness (QED) is 0.556. The van der Waals surface area contributed by atoms with Crippen LogP contribution in [0.15, 0.2) is 0 Å². The van der Waals surface area contributed by atoms with Crippen molar-refractivity contribution in [1.29, 1.82) is 0 Å². The van der Waals surface area contributed by atoms with Gasteiger partial charge in [0.2, 0.25) is 11.8 Å². The summed E-state index contributed by atoms with van der Waals surface area (Å²) in [6.07, 6.45) is 3.10. The molecule has 2 rings (SSSR count). The smallest absolute Gasteiger partial charge is 0.229 e. The number of hydrogen-bond acceptors (Lipinski definition) is 2. The summed E-state index contributed by atoms with van der Waals surface area (Å²) in [6, 6.07) is 0. The molecule has 13 heavy (non-hydrogen) atoms. The third-order valence-electron chi connectivity index (χ3n) is 2.89. The highest BCUT2D eigenvalue weighted by molar-refractivity contribution is 9.09. The molecule has 0 aromatic heterocycles. The summed E-state index contributed by atoms with van der Waals surface area (Å²) in [5.74, 6) is 0.0226. The lowest BCUT2D eigenvalue weighted by Gasteiger charge is -2.19. The molecule has 72 valence electrons. The topological polar surface area (TPSA) is 37.4 Å². The monoisotopic (exact) mass is 245 g/mol. The van der Waals surface area contributed by atoms with E-state index in [-0.39, 0.29) is 17.2 Å². The van der Waals surface area contributed by atoms with Gasteiger partial charge < -0.3 is 0 Å². The highest BCUT2D eigenvalue weighted by Gasteiger charge is 2.46. The van der Waals surface area contributed by atoms with E-state index in [1.54, 1.807) is 0 Å². The maximum atomic E-state index is 11.3. The van der Waals surface area contributed by atoms with Crippen molar-refractivity contribution >= 4 is 27.7 Å². The van der Waals surface area contributed by atoms with Gasteiger partial charge in [0.1, 0.15) is 0 Å². The number of hydrogen-bond donors (Lipinski definition) is 0. The first-order chi connectivity index (χ1) is 6.17. The number of nitrogens with zero attached hydrogens (tertiary/aromatic N) is 1. The molecule has 2 amide bonds. The molecular weight excluding hydrogens is 234 g/mol. The summed E-state index contributed by atoms with van der Waals surface area (Å²) >= 11 is 3.43. The van der Waals surface area contributed by atoms with Crippen LogP contribution in [-0.4, -0.2) is 28.6 Å². The third kappa shape index (κ3) is 1.64. The molecule has 0 spiro atoms. The van der Waals surface area contributed by atoms with Crippen LogP contribution in [0.5, 0.6) is 0 Å². The minimum atomic E-state index is 0.0113. The van der Waals surface area contributed by atoms with E-state index in [9.17, 15) is 9.59 Å². The number of carbonyl (C=O) groups is 2. The van der Waals surface area contributed by atoms with Gasteiger partial charge in [0.05, 0.1) is 0 Å². The Morgan fingerprint density at radius 3 is 2.15 bits per heavy atom. The van der Waals surface area contributed by atoms with E-state index in [2.05, 4.69) is 15.9 Å². The highest BCUT2D eigenvalue weighted by atomic mass is 79.9. The first-order valence-electron chi connectivity index (χ1n) is 4.56. The predicted molar refractivity (Wildman–Crippen MR) is 51.4 cm³/mol. The summed E-state index contributed by atoms with van der Waals surface area (Å²) in [5, 5.41) is 0.900. The van der Waals surface area contributed by atoms with E-state index in [0.29, 0.717) is 19.4 Å². The second kappa shape index (κ2) is 3.08. The molecule has 3 nitrogen and oxygen atoms in total. The number of amides is 2. The first-order valence-corrected chi connectivity index (χ1v) is 5.68. The van der Waals surface area contributed by atoms with E-state index in [4.69, 9.17) is 0 Å². The summed E-state index contributed by atoms with van der Waals surface area (Å²) < 4.78 is 0. The Balaban J connectivity index is 2.01.